The van der Waals surface area contributed by atoms with E-state index in [9.17, 15) is 14.5 Å². The second-order valence-corrected chi connectivity index (χ2v) is 8.12. The first-order chi connectivity index (χ1) is 9.30. The third kappa shape index (κ3) is 3.16. The molecule has 0 bridgehead atoms. The van der Waals surface area contributed by atoms with Crippen LogP contribution in [-0.2, 0) is 17.8 Å². The number of fused-ring (bicyclic) bond motifs is 1. The average molecular weight is 295 g/mol. The summed E-state index contributed by atoms with van der Waals surface area (Å²) in [5.41, 5.74) is 2.24. The fourth-order valence-electron chi connectivity index (χ4n) is 2.48. The van der Waals surface area contributed by atoms with Crippen LogP contribution in [-0.4, -0.2) is 20.4 Å². The third-order valence-electron chi connectivity index (χ3n) is 3.54. The van der Waals surface area contributed by atoms with Gasteiger partial charge >= 0.3 is 5.97 Å². The first-order valence-corrected chi connectivity index (χ1v) is 7.99. The quantitative estimate of drug-likeness (QED) is 0.841. The van der Waals surface area contributed by atoms with Crippen LogP contribution in [0.25, 0.3) is 0 Å². The van der Waals surface area contributed by atoms with Gasteiger partial charge in [0.25, 0.3) is 0 Å². The van der Waals surface area contributed by atoms with Gasteiger partial charge in [0, 0.05) is 11.4 Å². The van der Waals surface area contributed by atoms with Crippen molar-refractivity contribution in [2.45, 2.75) is 50.8 Å². The van der Waals surface area contributed by atoms with Gasteiger partial charge in [0.15, 0.2) is 0 Å². The molecule has 0 spiro atoms. The summed E-state index contributed by atoms with van der Waals surface area (Å²) in [7, 11) is 0. The Balaban J connectivity index is 2.29. The summed E-state index contributed by atoms with van der Waals surface area (Å²) < 4.78 is 15.1. The molecule has 0 saturated heterocycles. The van der Waals surface area contributed by atoms with E-state index in [2.05, 4.69) is 4.72 Å². The summed E-state index contributed by atoms with van der Waals surface area (Å²) in [6.45, 7) is 5.77. The van der Waals surface area contributed by atoms with Crippen LogP contribution in [0, 0.1) is 0 Å². The van der Waals surface area contributed by atoms with E-state index in [1.807, 2.05) is 26.8 Å². The highest BCUT2D eigenvalue weighted by Gasteiger charge is 2.32. The Morgan fingerprint density at radius 3 is 2.75 bits per heavy atom. The molecular formula is C15H21NO3S. The zero-order chi connectivity index (χ0) is 14.9. The summed E-state index contributed by atoms with van der Waals surface area (Å²) in [6, 6.07) is 5.32. The molecule has 1 aliphatic carbocycles. The molecule has 4 nitrogen and oxygen atoms in total. The topological polar surface area (TPSA) is 72.4 Å². The number of hydrogen-bond donors (Lipinski definition) is 2. The van der Waals surface area contributed by atoms with Gasteiger partial charge in [-0.2, -0.15) is 0 Å². The molecule has 0 radical (unpaired) electrons. The van der Waals surface area contributed by atoms with Gasteiger partial charge in [-0.1, -0.05) is 12.1 Å². The molecular weight excluding hydrogens is 274 g/mol. The standard InChI is InChI=1S/C15H21NO3S/c1-15(2,3)20(19)16-13-9-5-6-10-11(13)7-4-8-12(10)14(17)18/h4,7-8,13,16H,5-6,9H2,1-3H3,(H,17,18). The molecule has 0 aromatic heterocycles. The summed E-state index contributed by atoms with van der Waals surface area (Å²) in [6.07, 6.45) is 2.58. The first-order valence-electron chi connectivity index (χ1n) is 6.84. The van der Waals surface area contributed by atoms with Crippen molar-refractivity contribution in [3.05, 3.63) is 34.9 Å². The van der Waals surface area contributed by atoms with E-state index in [-0.39, 0.29) is 10.8 Å². The van der Waals surface area contributed by atoms with E-state index < -0.39 is 17.3 Å². The molecule has 0 fully saturated rings. The molecule has 2 unspecified atom stereocenters. The number of nitrogens with one attached hydrogen (secondary N) is 1. The molecule has 5 heteroatoms. The van der Waals surface area contributed by atoms with Crippen molar-refractivity contribution in [2.24, 2.45) is 0 Å². The molecule has 0 aliphatic heterocycles. The molecule has 2 N–H and O–H groups in total. The van der Waals surface area contributed by atoms with Crippen LogP contribution in [0.2, 0.25) is 0 Å². The van der Waals surface area contributed by atoms with Gasteiger partial charge in [0.1, 0.15) is 4.75 Å². The number of carbonyl (C=O) groups is 1. The minimum Gasteiger partial charge on any atom is -0.598 e. The van der Waals surface area contributed by atoms with Crippen LogP contribution in [0.4, 0.5) is 0 Å². The Hall–Kier alpha value is -1.04. The van der Waals surface area contributed by atoms with Crippen LogP contribution in [0.3, 0.4) is 0 Å². The van der Waals surface area contributed by atoms with Gasteiger partial charge in [-0.05, 0) is 57.2 Å². The van der Waals surface area contributed by atoms with Crippen molar-refractivity contribution in [1.29, 1.82) is 0 Å². The van der Waals surface area contributed by atoms with E-state index in [1.54, 1.807) is 12.1 Å². The molecule has 0 amide bonds. The molecule has 1 aromatic carbocycles. The Labute approximate surface area is 122 Å². The lowest BCUT2D eigenvalue weighted by atomic mass is 9.85. The van der Waals surface area contributed by atoms with Crippen LogP contribution >= 0.6 is 0 Å². The Bertz CT molecular complexity index is 510. The number of benzene rings is 1. The van der Waals surface area contributed by atoms with Crippen molar-refractivity contribution in [1.82, 2.24) is 4.72 Å². The minimum absolute atomic E-state index is 0.0295. The van der Waals surface area contributed by atoms with E-state index in [0.29, 0.717) is 5.56 Å². The molecule has 1 aromatic rings. The second-order valence-electron chi connectivity index (χ2n) is 6.12. The maximum Gasteiger partial charge on any atom is 0.335 e. The normalized spacial score (nSPS) is 20.3. The summed E-state index contributed by atoms with van der Waals surface area (Å²) in [5, 5.41) is 9.26. The number of carboxylic acid groups (broad SMARTS) is 1. The fourth-order valence-corrected chi connectivity index (χ4v) is 3.33. The van der Waals surface area contributed by atoms with Crippen LogP contribution < -0.4 is 4.72 Å². The third-order valence-corrected chi connectivity index (χ3v) is 5.15. The minimum atomic E-state index is -1.16. The maximum absolute atomic E-state index is 12.2. The zero-order valence-corrected chi connectivity index (χ0v) is 12.9. The largest absolute Gasteiger partial charge is 0.598 e. The monoisotopic (exact) mass is 295 g/mol. The van der Waals surface area contributed by atoms with Gasteiger partial charge in [0.2, 0.25) is 0 Å². The predicted molar refractivity (Wildman–Crippen MR) is 80.1 cm³/mol. The lowest BCUT2D eigenvalue weighted by Gasteiger charge is -2.31. The van der Waals surface area contributed by atoms with E-state index in [1.165, 1.54) is 0 Å². The average Bonchev–Trinajstić information content (AvgIpc) is 2.37. The molecule has 1 aliphatic rings. The lowest BCUT2D eigenvalue weighted by Crippen LogP contribution is -2.42. The number of rotatable bonds is 3. The highest BCUT2D eigenvalue weighted by atomic mass is 32.2. The smallest absolute Gasteiger partial charge is 0.335 e. The summed E-state index contributed by atoms with van der Waals surface area (Å²) in [4.78, 5) is 11.3. The SMILES string of the molecule is CC(C)(C)[S+]([O-])NC1CCCc2c(C(=O)O)cccc21. The predicted octanol–water partition coefficient (Wildman–Crippen LogP) is 2.81. The first kappa shape index (κ1) is 15.4. The van der Waals surface area contributed by atoms with Crippen LogP contribution in [0.15, 0.2) is 18.2 Å². The van der Waals surface area contributed by atoms with Crippen LogP contribution in [0.5, 0.6) is 0 Å². The number of hydrogen-bond acceptors (Lipinski definition) is 3. The van der Waals surface area contributed by atoms with Crippen molar-refractivity contribution >= 4 is 17.3 Å². The van der Waals surface area contributed by atoms with Gasteiger partial charge in [0.05, 0.1) is 11.6 Å². The van der Waals surface area contributed by atoms with E-state index in [0.717, 1.165) is 30.4 Å². The van der Waals surface area contributed by atoms with Crippen LogP contribution in [0.1, 0.15) is 61.1 Å². The Morgan fingerprint density at radius 2 is 2.15 bits per heavy atom. The van der Waals surface area contributed by atoms with Gasteiger partial charge in [-0.15, -0.1) is 4.72 Å². The summed E-state index contributed by atoms with van der Waals surface area (Å²) in [5.74, 6) is -0.889. The van der Waals surface area contributed by atoms with E-state index >= 15 is 0 Å². The highest BCUT2D eigenvalue weighted by molar-refractivity contribution is 7.90. The number of carboxylic acids is 1. The van der Waals surface area contributed by atoms with Crippen molar-refractivity contribution in [2.75, 3.05) is 0 Å². The van der Waals surface area contributed by atoms with Gasteiger partial charge in [-0.3, -0.25) is 0 Å². The maximum atomic E-state index is 12.2. The van der Waals surface area contributed by atoms with E-state index in [4.69, 9.17) is 0 Å². The van der Waals surface area contributed by atoms with Gasteiger partial charge in [-0.25, -0.2) is 4.79 Å². The molecule has 0 saturated carbocycles. The molecule has 110 valence electrons. The molecule has 2 rings (SSSR count). The molecule has 20 heavy (non-hydrogen) atoms. The highest BCUT2D eigenvalue weighted by Crippen LogP contribution is 2.33. The lowest BCUT2D eigenvalue weighted by molar-refractivity contribution is 0.0695. The molecule has 0 heterocycles. The Kier molecular flexibility index (Phi) is 4.42. The molecule has 2 atom stereocenters. The zero-order valence-electron chi connectivity index (χ0n) is 12.1. The van der Waals surface area contributed by atoms with Crippen molar-refractivity contribution in [3.63, 3.8) is 0 Å². The number of aromatic carboxylic acids is 1. The van der Waals surface area contributed by atoms with Crippen molar-refractivity contribution < 1.29 is 14.5 Å². The summed E-state index contributed by atoms with van der Waals surface area (Å²) >= 11 is -1.16. The Morgan fingerprint density at radius 1 is 1.45 bits per heavy atom. The van der Waals surface area contributed by atoms with Gasteiger partial charge < -0.3 is 9.66 Å². The fraction of sp³-hybridized carbons (Fsp3) is 0.533. The van der Waals surface area contributed by atoms with Crippen molar-refractivity contribution in [3.8, 4) is 0 Å². The second kappa shape index (κ2) is 5.76.